The Morgan fingerprint density at radius 2 is 1.79 bits per heavy atom. The molecule has 0 aliphatic carbocycles. The third-order valence-electron chi connectivity index (χ3n) is 2.04. The Hall–Kier alpha value is -1.05. The third kappa shape index (κ3) is 1.61. The number of hydrogen-bond donors (Lipinski definition) is 0. The lowest BCUT2D eigenvalue weighted by Gasteiger charge is -2.01. The Balaban J connectivity index is 2.79. The molecule has 1 nitrogen and oxygen atoms in total. The van der Waals surface area contributed by atoms with Crippen LogP contribution in [0.25, 0.3) is 10.8 Å². The molecule has 70 valence electrons. The molecule has 0 radical (unpaired) electrons. The summed E-state index contributed by atoms with van der Waals surface area (Å²) < 4.78 is 0. The van der Waals surface area contributed by atoms with Crippen molar-refractivity contribution in [2.75, 3.05) is 0 Å². The van der Waals surface area contributed by atoms with E-state index in [0.717, 1.165) is 17.1 Å². The molecular weight excluding hydrogens is 219 g/mol. The van der Waals surface area contributed by atoms with Crippen LogP contribution >= 0.6 is 23.2 Å². The number of fused-ring (bicyclic) bond motifs is 1. The third-order valence-corrected chi connectivity index (χ3v) is 2.61. The van der Waals surface area contributed by atoms with Crippen molar-refractivity contribution in [2.45, 2.75) is 0 Å². The minimum Gasteiger partial charge on any atom is -0.298 e. The van der Waals surface area contributed by atoms with Crippen LogP contribution in [-0.2, 0) is 0 Å². The number of carbonyl (C=O) groups is 1. The average molecular weight is 225 g/mol. The zero-order chi connectivity index (χ0) is 10.1. The molecule has 0 saturated carbocycles. The maximum absolute atomic E-state index is 10.6. The summed E-state index contributed by atoms with van der Waals surface area (Å²) in [5, 5.41) is 3.01. The van der Waals surface area contributed by atoms with Crippen molar-refractivity contribution in [3.8, 4) is 0 Å². The summed E-state index contributed by atoms with van der Waals surface area (Å²) in [5.41, 5.74) is 0.487. The number of benzene rings is 2. The first-order valence-corrected chi connectivity index (χ1v) is 4.80. The zero-order valence-electron chi connectivity index (χ0n) is 7.13. The van der Waals surface area contributed by atoms with Gasteiger partial charge in [0.25, 0.3) is 0 Å². The summed E-state index contributed by atoms with van der Waals surface area (Å²) in [6, 6.07) is 8.96. The molecule has 0 N–H and O–H groups in total. The molecule has 0 fully saturated rings. The normalized spacial score (nSPS) is 10.4. The van der Waals surface area contributed by atoms with E-state index >= 15 is 0 Å². The van der Waals surface area contributed by atoms with Gasteiger partial charge in [0.1, 0.15) is 0 Å². The summed E-state index contributed by atoms with van der Waals surface area (Å²) in [6.07, 6.45) is 0.739. The number of hydrogen-bond acceptors (Lipinski definition) is 1. The molecule has 0 bridgehead atoms. The summed E-state index contributed by atoms with van der Waals surface area (Å²) in [6.45, 7) is 0. The van der Waals surface area contributed by atoms with Crippen LogP contribution in [0.4, 0.5) is 0 Å². The first-order chi connectivity index (χ1) is 6.70. The van der Waals surface area contributed by atoms with Crippen molar-refractivity contribution in [3.63, 3.8) is 0 Å². The highest BCUT2D eigenvalue weighted by Crippen LogP contribution is 2.25. The second-order valence-corrected chi connectivity index (χ2v) is 3.83. The van der Waals surface area contributed by atoms with Gasteiger partial charge in [0.2, 0.25) is 0 Å². The molecule has 0 aliphatic rings. The lowest BCUT2D eigenvalue weighted by Crippen LogP contribution is -1.82. The van der Waals surface area contributed by atoms with Crippen molar-refractivity contribution in [1.82, 2.24) is 0 Å². The molecule has 2 rings (SSSR count). The van der Waals surface area contributed by atoms with Gasteiger partial charge in [0.05, 0.1) is 5.02 Å². The van der Waals surface area contributed by atoms with E-state index in [4.69, 9.17) is 23.2 Å². The maximum Gasteiger partial charge on any atom is 0.151 e. The number of halogens is 2. The first-order valence-electron chi connectivity index (χ1n) is 4.05. The van der Waals surface area contributed by atoms with E-state index in [-0.39, 0.29) is 0 Å². The minimum absolute atomic E-state index is 0.467. The zero-order valence-corrected chi connectivity index (χ0v) is 8.64. The second-order valence-electron chi connectivity index (χ2n) is 2.98. The Morgan fingerprint density at radius 3 is 2.50 bits per heavy atom. The molecule has 0 aromatic heterocycles. The van der Waals surface area contributed by atoms with E-state index in [0.29, 0.717) is 15.6 Å². The van der Waals surface area contributed by atoms with Crippen molar-refractivity contribution >= 4 is 40.3 Å². The van der Waals surface area contributed by atoms with E-state index in [1.165, 1.54) is 0 Å². The first kappa shape index (κ1) is 9.50. The van der Waals surface area contributed by atoms with Crippen LogP contribution in [0.3, 0.4) is 0 Å². The number of rotatable bonds is 1. The molecule has 0 amide bonds. The Bertz CT molecular complexity index is 506. The van der Waals surface area contributed by atoms with Gasteiger partial charge in [-0.3, -0.25) is 4.79 Å². The van der Waals surface area contributed by atoms with Crippen LogP contribution in [0.5, 0.6) is 0 Å². The van der Waals surface area contributed by atoms with Gasteiger partial charge in [-0.1, -0.05) is 29.3 Å². The molecule has 2 aromatic carbocycles. The van der Waals surface area contributed by atoms with Gasteiger partial charge in [0, 0.05) is 10.6 Å². The van der Waals surface area contributed by atoms with Gasteiger partial charge in [-0.2, -0.15) is 0 Å². The SMILES string of the molecule is O=Cc1cc2cc(Cl)ccc2cc1Cl. The van der Waals surface area contributed by atoms with E-state index in [2.05, 4.69) is 0 Å². The lowest BCUT2D eigenvalue weighted by molar-refractivity contribution is 0.112. The number of aldehydes is 1. The van der Waals surface area contributed by atoms with Crippen LogP contribution in [-0.4, -0.2) is 6.29 Å². The van der Waals surface area contributed by atoms with Crippen molar-refractivity contribution in [1.29, 1.82) is 0 Å². The molecule has 0 saturated heterocycles. The van der Waals surface area contributed by atoms with Gasteiger partial charge in [-0.05, 0) is 35.0 Å². The van der Waals surface area contributed by atoms with Crippen LogP contribution < -0.4 is 0 Å². The van der Waals surface area contributed by atoms with Gasteiger partial charge in [-0.25, -0.2) is 0 Å². The molecule has 0 unspecified atom stereocenters. The topological polar surface area (TPSA) is 17.1 Å². The monoisotopic (exact) mass is 224 g/mol. The molecule has 0 heterocycles. The maximum atomic E-state index is 10.6. The van der Waals surface area contributed by atoms with Crippen LogP contribution in [0, 0.1) is 0 Å². The minimum atomic E-state index is 0.467. The predicted molar refractivity (Wildman–Crippen MR) is 59.4 cm³/mol. The Labute approximate surface area is 91.2 Å². The fraction of sp³-hybridized carbons (Fsp3) is 0. The van der Waals surface area contributed by atoms with E-state index in [1.807, 2.05) is 6.07 Å². The highest BCUT2D eigenvalue weighted by Gasteiger charge is 2.02. The van der Waals surface area contributed by atoms with Crippen LogP contribution in [0.15, 0.2) is 30.3 Å². The molecule has 14 heavy (non-hydrogen) atoms. The van der Waals surface area contributed by atoms with Gasteiger partial charge < -0.3 is 0 Å². The van der Waals surface area contributed by atoms with E-state index in [9.17, 15) is 4.79 Å². The lowest BCUT2D eigenvalue weighted by atomic mass is 10.1. The van der Waals surface area contributed by atoms with Gasteiger partial charge in [-0.15, -0.1) is 0 Å². The van der Waals surface area contributed by atoms with Crippen molar-refractivity contribution < 1.29 is 4.79 Å². The molecular formula is C11H6Cl2O. The van der Waals surface area contributed by atoms with Crippen LogP contribution in [0.2, 0.25) is 10.0 Å². The molecule has 0 aliphatic heterocycles. The van der Waals surface area contributed by atoms with E-state index in [1.54, 1.807) is 24.3 Å². The van der Waals surface area contributed by atoms with Gasteiger partial charge in [0.15, 0.2) is 6.29 Å². The number of carbonyl (C=O) groups excluding carboxylic acids is 1. The second kappa shape index (κ2) is 3.60. The smallest absolute Gasteiger partial charge is 0.151 e. The predicted octanol–water partition coefficient (Wildman–Crippen LogP) is 3.96. The fourth-order valence-corrected chi connectivity index (χ4v) is 1.75. The average Bonchev–Trinajstić information content (AvgIpc) is 2.17. The molecule has 0 atom stereocenters. The molecule has 0 spiro atoms. The molecule has 2 aromatic rings. The quantitative estimate of drug-likeness (QED) is 0.671. The fourth-order valence-electron chi connectivity index (χ4n) is 1.35. The van der Waals surface area contributed by atoms with Gasteiger partial charge >= 0.3 is 0 Å². The van der Waals surface area contributed by atoms with Crippen LogP contribution in [0.1, 0.15) is 10.4 Å². The van der Waals surface area contributed by atoms with Crippen molar-refractivity contribution in [2.24, 2.45) is 0 Å². The summed E-state index contributed by atoms with van der Waals surface area (Å²) in [5.74, 6) is 0. The standard InChI is InChI=1S/C11H6Cl2O/c12-10-2-1-7-5-11(13)9(6-14)3-8(7)4-10/h1-6H. The summed E-state index contributed by atoms with van der Waals surface area (Å²) >= 11 is 11.7. The Morgan fingerprint density at radius 1 is 1.00 bits per heavy atom. The molecule has 3 heteroatoms. The summed E-state index contributed by atoms with van der Waals surface area (Å²) in [4.78, 5) is 10.6. The largest absolute Gasteiger partial charge is 0.298 e. The van der Waals surface area contributed by atoms with Crippen molar-refractivity contribution in [3.05, 3.63) is 45.9 Å². The highest BCUT2D eigenvalue weighted by atomic mass is 35.5. The van der Waals surface area contributed by atoms with E-state index < -0.39 is 0 Å². The summed E-state index contributed by atoms with van der Waals surface area (Å²) in [7, 11) is 0. The Kier molecular flexibility index (Phi) is 2.44. The highest BCUT2D eigenvalue weighted by molar-refractivity contribution is 6.34.